The van der Waals surface area contributed by atoms with Gasteiger partial charge in [0.2, 0.25) is 0 Å². The summed E-state index contributed by atoms with van der Waals surface area (Å²) in [4.78, 5) is 1.67. The quantitative estimate of drug-likeness (QED) is 0.809. The van der Waals surface area contributed by atoms with Gasteiger partial charge in [-0.1, -0.05) is 0 Å². The molecule has 114 valence electrons. The zero-order valence-corrected chi connectivity index (χ0v) is 13.0. The molecule has 0 fully saturated rings. The van der Waals surface area contributed by atoms with E-state index in [1.54, 1.807) is 25.8 Å². The van der Waals surface area contributed by atoms with Crippen molar-refractivity contribution in [2.24, 2.45) is 0 Å². The third-order valence-electron chi connectivity index (χ3n) is 2.65. The average molecular weight is 304 g/mol. The largest absolute Gasteiger partial charge is 0.488 e. The second kappa shape index (κ2) is 6.30. The highest BCUT2D eigenvalue weighted by atomic mass is 32.2. The Labute approximate surface area is 119 Å². The molecule has 7 heteroatoms. The summed E-state index contributed by atoms with van der Waals surface area (Å²) in [5, 5.41) is 0. The smallest absolute Gasteiger partial charge is 0.167 e. The number of hydrogen-bond donors (Lipinski definition) is 1. The van der Waals surface area contributed by atoms with Crippen LogP contribution in [0.15, 0.2) is 12.1 Å². The Bertz CT molecular complexity index is 573. The van der Waals surface area contributed by atoms with Crippen LogP contribution in [0, 0.1) is 5.82 Å². The minimum Gasteiger partial charge on any atom is -0.488 e. The molecule has 0 aliphatic carbocycles. The van der Waals surface area contributed by atoms with E-state index in [0.717, 1.165) is 0 Å². The zero-order valence-electron chi connectivity index (χ0n) is 12.2. The van der Waals surface area contributed by atoms with Crippen LogP contribution in [-0.4, -0.2) is 40.1 Å². The molecule has 0 bridgehead atoms. The van der Waals surface area contributed by atoms with Crippen molar-refractivity contribution >= 4 is 21.2 Å². The molecular formula is C13H21FN2O3S. The molecule has 1 aromatic carbocycles. The van der Waals surface area contributed by atoms with Crippen LogP contribution in [0.2, 0.25) is 0 Å². The van der Waals surface area contributed by atoms with Crippen molar-refractivity contribution in [2.45, 2.75) is 20.0 Å². The van der Waals surface area contributed by atoms with E-state index < -0.39 is 15.7 Å². The van der Waals surface area contributed by atoms with E-state index in [-0.39, 0.29) is 29.8 Å². The van der Waals surface area contributed by atoms with Gasteiger partial charge in [0.25, 0.3) is 0 Å². The summed E-state index contributed by atoms with van der Waals surface area (Å²) in [5.41, 5.74) is 6.57. The second-order valence-electron chi connectivity index (χ2n) is 5.06. The van der Waals surface area contributed by atoms with Crippen LogP contribution >= 0.6 is 0 Å². The minimum atomic E-state index is -3.07. The number of halogens is 1. The fraction of sp³-hybridized carbons (Fsp3) is 0.538. The Balaban J connectivity index is 2.98. The third-order valence-corrected chi connectivity index (χ3v) is 3.58. The Morgan fingerprint density at radius 3 is 2.50 bits per heavy atom. The molecule has 5 nitrogen and oxygen atoms in total. The van der Waals surface area contributed by atoms with Gasteiger partial charge in [-0.15, -0.1) is 0 Å². The first kappa shape index (κ1) is 16.6. The lowest BCUT2D eigenvalue weighted by Gasteiger charge is -2.22. The summed E-state index contributed by atoms with van der Waals surface area (Å²) in [6, 6.07) is 2.68. The Morgan fingerprint density at radius 1 is 1.40 bits per heavy atom. The molecule has 0 atom stereocenters. The molecule has 0 aliphatic rings. The molecule has 0 aromatic heterocycles. The number of benzene rings is 1. The summed E-state index contributed by atoms with van der Waals surface area (Å²) >= 11 is 0. The Morgan fingerprint density at radius 2 is 2.00 bits per heavy atom. The first-order chi connectivity index (χ1) is 9.10. The molecule has 2 N–H and O–H groups in total. The molecule has 0 amide bonds. The highest BCUT2D eigenvalue weighted by molar-refractivity contribution is 7.90. The maximum absolute atomic E-state index is 13.7. The van der Waals surface area contributed by atoms with Gasteiger partial charge in [-0.3, -0.25) is 0 Å². The molecule has 20 heavy (non-hydrogen) atoms. The van der Waals surface area contributed by atoms with E-state index in [1.807, 2.05) is 0 Å². The van der Waals surface area contributed by atoms with Crippen LogP contribution in [0.25, 0.3) is 0 Å². The summed E-state index contributed by atoms with van der Waals surface area (Å²) < 4.78 is 41.4. The molecular weight excluding hydrogens is 283 g/mol. The molecule has 1 aromatic rings. The van der Waals surface area contributed by atoms with Crippen molar-refractivity contribution in [2.75, 3.05) is 36.2 Å². The van der Waals surface area contributed by atoms with Crippen LogP contribution in [0.3, 0.4) is 0 Å². The third kappa shape index (κ3) is 4.88. The fourth-order valence-electron chi connectivity index (χ4n) is 1.66. The standard InChI is InChI=1S/C13H21FN2O3S/c1-9(2)19-13-8-12(11(15)7-10(13)14)16(3)5-6-20(4,17)18/h7-9H,5-6,15H2,1-4H3. The van der Waals surface area contributed by atoms with Crippen LogP contribution < -0.4 is 15.4 Å². The Hall–Kier alpha value is -1.50. The molecule has 0 saturated carbocycles. The SMILES string of the molecule is CC(C)Oc1cc(N(C)CCS(C)(=O)=O)c(N)cc1F. The van der Waals surface area contributed by atoms with Gasteiger partial charge in [0.1, 0.15) is 9.84 Å². The Kier molecular flexibility index (Phi) is 5.21. The predicted octanol–water partition coefficient (Wildman–Crippen LogP) is 1.68. The lowest BCUT2D eigenvalue weighted by Crippen LogP contribution is -2.25. The van der Waals surface area contributed by atoms with Gasteiger partial charge in [0.05, 0.1) is 23.2 Å². The van der Waals surface area contributed by atoms with E-state index in [0.29, 0.717) is 5.69 Å². The van der Waals surface area contributed by atoms with Gasteiger partial charge in [0.15, 0.2) is 11.6 Å². The highest BCUT2D eigenvalue weighted by Crippen LogP contribution is 2.31. The normalized spacial score (nSPS) is 11.7. The van der Waals surface area contributed by atoms with E-state index in [1.165, 1.54) is 18.4 Å². The number of nitrogens with two attached hydrogens (primary N) is 1. The molecule has 1 rings (SSSR count). The zero-order chi connectivity index (χ0) is 15.5. The van der Waals surface area contributed by atoms with Crippen molar-refractivity contribution in [1.29, 1.82) is 0 Å². The fourth-order valence-corrected chi connectivity index (χ4v) is 2.26. The van der Waals surface area contributed by atoms with Crippen LogP contribution in [0.1, 0.15) is 13.8 Å². The van der Waals surface area contributed by atoms with Gasteiger partial charge in [0, 0.05) is 32.0 Å². The number of nitrogen functional groups attached to an aromatic ring is 1. The van der Waals surface area contributed by atoms with Gasteiger partial charge in [-0.25, -0.2) is 12.8 Å². The number of rotatable bonds is 6. The first-order valence-electron chi connectivity index (χ1n) is 6.24. The van der Waals surface area contributed by atoms with Gasteiger partial charge >= 0.3 is 0 Å². The monoisotopic (exact) mass is 304 g/mol. The number of hydrogen-bond acceptors (Lipinski definition) is 5. The predicted molar refractivity (Wildman–Crippen MR) is 79.6 cm³/mol. The van der Waals surface area contributed by atoms with Gasteiger partial charge in [-0.2, -0.15) is 0 Å². The topological polar surface area (TPSA) is 72.6 Å². The van der Waals surface area contributed by atoms with E-state index in [2.05, 4.69) is 0 Å². The van der Waals surface area contributed by atoms with Crippen LogP contribution in [-0.2, 0) is 9.84 Å². The van der Waals surface area contributed by atoms with Gasteiger partial charge in [-0.05, 0) is 13.8 Å². The van der Waals surface area contributed by atoms with E-state index in [4.69, 9.17) is 10.5 Å². The van der Waals surface area contributed by atoms with Crippen molar-refractivity contribution in [3.05, 3.63) is 17.9 Å². The maximum Gasteiger partial charge on any atom is 0.167 e. The summed E-state index contributed by atoms with van der Waals surface area (Å²) in [7, 11) is -1.36. The lowest BCUT2D eigenvalue weighted by molar-refractivity contribution is 0.231. The summed E-state index contributed by atoms with van der Waals surface area (Å²) in [6.07, 6.45) is 1.00. The molecule has 0 saturated heterocycles. The summed E-state index contributed by atoms with van der Waals surface area (Å²) in [5.74, 6) is -0.424. The van der Waals surface area contributed by atoms with Crippen molar-refractivity contribution in [3.8, 4) is 5.75 Å². The second-order valence-corrected chi connectivity index (χ2v) is 7.32. The lowest BCUT2D eigenvalue weighted by atomic mass is 10.2. The first-order valence-corrected chi connectivity index (χ1v) is 8.30. The van der Waals surface area contributed by atoms with Gasteiger partial charge < -0.3 is 15.4 Å². The summed E-state index contributed by atoms with van der Waals surface area (Å²) in [6.45, 7) is 3.86. The van der Waals surface area contributed by atoms with Crippen molar-refractivity contribution in [3.63, 3.8) is 0 Å². The molecule has 0 spiro atoms. The van der Waals surface area contributed by atoms with E-state index in [9.17, 15) is 12.8 Å². The number of sulfone groups is 1. The number of ether oxygens (including phenoxy) is 1. The number of anilines is 2. The van der Waals surface area contributed by atoms with Crippen molar-refractivity contribution < 1.29 is 17.5 Å². The molecule has 0 unspecified atom stereocenters. The van der Waals surface area contributed by atoms with Crippen LogP contribution in [0.4, 0.5) is 15.8 Å². The van der Waals surface area contributed by atoms with Crippen LogP contribution in [0.5, 0.6) is 5.75 Å². The molecule has 0 radical (unpaired) electrons. The number of nitrogens with zero attached hydrogens (tertiary/aromatic N) is 1. The average Bonchev–Trinajstić information content (AvgIpc) is 2.28. The minimum absolute atomic E-state index is 0.000682. The maximum atomic E-state index is 13.7. The highest BCUT2D eigenvalue weighted by Gasteiger charge is 2.14. The molecule has 0 heterocycles. The van der Waals surface area contributed by atoms with Crippen molar-refractivity contribution in [1.82, 2.24) is 0 Å². The van der Waals surface area contributed by atoms with E-state index >= 15 is 0 Å². The molecule has 0 aliphatic heterocycles.